The van der Waals surface area contributed by atoms with Crippen molar-refractivity contribution in [3.8, 4) is 11.8 Å². The lowest BCUT2D eigenvalue weighted by Crippen LogP contribution is -2.22. The van der Waals surface area contributed by atoms with Crippen LogP contribution in [0.2, 0.25) is 0 Å². The molecule has 1 rings (SSSR count). The Kier molecular flexibility index (Phi) is 6.91. The monoisotopic (exact) mass is 264 g/mol. The molecule has 0 bridgehead atoms. The number of nitrogens with zero attached hydrogens (tertiary/aromatic N) is 1. The number of ether oxygens (including phenoxy) is 1. The second-order valence-corrected chi connectivity index (χ2v) is 4.73. The van der Waals surface area contributed by atoms with Crippen molar-refractivity contribution in [1.82, 2.24) is 5.32 Å². The van der Waals surface area contributed by atoms with Gasteiger partial charge in [0.1, 0.15) is 0 Å². The molecule has 0 amide bonds. The van der Waals surface area contributed by atoms with Gasteiger partial charge >= 0.3 is 0 Å². The summed E-state index contributed by atoms with van der Waals surface area (Å²) < 4.78 is 19.3. The van der Waals surface area contributed by atoms with Crippen LogP contribution in [-0.4, -0.2) is 12.6 Å². The normalized spacial score (nSPS) is 10.5. The van der Waals surface area contributed by atoms with E-state index in [9.17, 15) is 4.39 Å². The highest BCUT2D eigenvalue weighted by atomic mass is 19.1. The van der Waals surface area contributed by atoms with Crippen molar-refractivity contribution in [2.75, 3.05) is 6.61 Å². The fourth-order valence-corrected chi connectivity index (χ4v) is 1.65. The molecule has 0 aliphatic heterocycles. The van der Waals surface area contributed by atoms with Crippen molar-refractivity contribution < 1.29 is 9.13 Å². The van der Waals surface area contributed by atoms with Crippen LogP contribution in [0.3, 0.4) is 0 Å². The van der Waals surface area contributed by atoms with Crippen molar-refractivity contribution in [2.45, 2.75) is 45.7 Å². The van der Waals surface area contributed by atoms with Crippen molar-refractivity contribution >= 4 is 0 Å². The lowest BCUT2D eigenvalue weighted by atomic mass is 10.2. The lowest BCUT2D eigenvalue weighted by Gasteiger charge is -2.14. The maximum absolute atomic E-state index is 13.7. The molecule has 19 heavy (non-hydrogen) atoms. The van der Waals surface area contributed by atoms with E-state index >= 15 is 0 Å². The zero-order valence-electron chi connectivity index (χ0n) is 11.6. The third-order valence-electron chi connectivity index (χ3n) is 2.68. The fourth-order valence-electron chi connectivity index (χ4n) is 1.65. The minimum absolute atomic E-state index is 0.326. The number of para-hydroxylation sites is 1. The second-order valence-electron chi connectivity index (χ2n) is 4.73. The summed E-state index contributed by atoms with van der Waals surface area (Å²) in [5.74, 6) is -0.00375. The highest BCUT2D eigenvalue weighted by molar-refractivity contribution is 5.34. The average molecular weight is 264 g/mol. The molecule has 0 aliphatic carbocycles. The maximum atomic E-state index is 13.7. The molecular weight excluding hydrogens is 243 g/mol. The standard InChI is InChI=1S/C15H21FN2O/c1-12(2)18-11-13-7-6-8-14(16)15(13)19-10-5-3-4-9-17/h6-8,12,18H,3-5,10-11H2,1-2H3. The Bertz CT molecular complexity index is 427. The van der Waals surface area contributed by atoms with E-state index in [0.717, 1.165) is 18.4 Å². The number of unbranched alkanes of at least 4 members (excludes halogenated alkanes) is 2. The molecule has 0 radical (unpaired) electrons. The molecule has 0 saturated heterocycles. The Hall–Kier alpha value is -1.60. The third-order valence-corrected chi connectivity index (χ3v) is 2.68. The molecule has 0 spiro atoms. The molecule has 4 heteroatoms. The van der Waals surface area contributed by atoms with Gasteiger partial charge in [0.05, 0.1) is 12.7 Å². The van der Waals surface area contributed by atoms with Crippen LogP contribution in [0, 0.1) is 17.1 Å². The van der Waals surface area contributed by atoms with Crippen LogP contribution in [0.1, 0.15) is 38.7 Å². The summed E-state index contributed by atoms with van der Waals surface area (Å²) in [6.45, 7) is 5.11. The van der Waals surface area contributed by atoms with Gasteiger partial charge in [-0.25, -0.2) is 4.39 Å². The number of nitriles is 1. The van der Waals surface area contributed by atoms with Crippen LogP contribution < -0.4 is 10.1 Å². The van der Waals surface area contributed by atoms with Crippen molar-refractivity contribution in [1.29, 1.82) is 5.26 Å². The summed E-state index contributed by atoms with van der Waals surface area (Å²) >= 11 is 0. The van der Waals surface area contributed by atoms with E-state index < -0.39 is 0 Å². The Morgan fingerprint density at radius 1 is 1.37 bits per heavy atom. The molecule has 104 valence electrons. The summed E-state index contributed by atoms with van der Waals surface area (Å²) in [5, 5.41) is 11.7. The van der Waals surface area contributed by atoms with E-state index in [1.165, 1.54) is 6.07 Å². The SMILES string of the molecule is CC(C)NCc1cccc(F)c1OCCCCC#N. The Labute approximate surface area is 114 Å². The molecule has 0 unspecified atom stereocenters. The number of halogens is 1. The topological polar surface area (TPSA) is 45.0 Å². The zero-order valence-corrected chi connectivity index (χ0v) is 11.6. The number of hydrogen-bond donors (Lipinski definition) is 1. The molecule has 1 aromatic rings. The van der Waals surface area contributed by atoms with Gasteiger partial charge < -0.3 is 10.1 Å². The van der Waals surface area contributed by atoms with E-state index in [4.69, 9.17) is 10.00 Å². The lowest BCUT2D eigenvalue weighted by molar-refractivity contribution is 0.288. The summed E-state index contributed by atoms with van der Waals surface area (Å²) in [4.78, 5) is 0. The minimum atomic E-state index is -0.330. The Morgan fingerprint density at radius 2 is 2.16 bits per heavy atom. The van der Waals surface area contributed by atoms with Gasteiger partial charge in [0, 0.05) is 24.6 Å². The van der Waals surface area contributed by atoms with Gasteiger partial charge in [-0.2, -0.15) is 5.26 Å². The van der Waals surface area contributed by atoms with Crippen molar-refractivity contribution in [2.24, 2.45) is 0 Å². The van der Waals surface area contributed by atoms with Gasteiger partial charge in [-0.3, -0.25) is 0 Å². The quantitative estimate of drug-likeness (QED) is 0.732. The van der Waals surface area contributed by atoms with Gasteiger partial charge in [-0.05, 0) is 18.9 Å². The first kappa shape index (κ1) is 15.5. The Balaban J connectivity index is 2.56. The number of rotatable bonds is 8. The maximum Gasteiger partial charge on any atom is 0.165 e. The second kappa shape index (κ2) is 8.49. The Morgan fingerprint density at radius 3 is 2.84 bits per heavy atom. The zero-order chi connectivity index (χ0) is 14.1. The summed E-state index contributed by atoms with van der Waals surface area (Å²) in [6.07, 6.45) is 2.06. The van der Waals surface area contributed by atoms with E-state index in [1.54, 1.807) is 6.07 Å². The predicted molar refractivity (Wildman–Crippen MR) is 73.3 cm³/mol. The molecule has 0 fully saturated rings. The highest BCUT2D eigenvalue weighted by Gasteiger charge is 2.09. The van der Waals surface area contributed by atoms with Crippen LogP contribution in [0.15, 0.2) is 18.2 Å². The highest BCUT2D eigenvalue weighted by Crippen LogP contribution is 2.23. The van der Waals surface area contributed by atoms with E-state index in [1.807, 2.05) is 19.9 Å². The third kappa shape index (κ3) is 5.71. The predicted octanol–water partition coefficient (Wildman–Crippen LogP) is 3.40. The molecule has 0 atom stereocenters. The molecule has 0 saturated carbocycles. The van der Waals surface area contributed by atoms with E-state index in [-0.39, 0.29) is 5.82 Å². The van der Waals surface area contributed by atoms with Gasteiger partial charge in [-0.1, -0.05) is 26.0 Å². The van der Waals surface area contributed by atoms with Gasteiger partial charge in [0.15, 0.2) is 11.6 Å². The molecule has 0 aromatic heterocycles. The number of nitrogens with one attached hydrogen (secondary N) is 1. The first-order valence-electron chi connectivity index (χ1n) is 6.65. The minimum Gasteiger partial charge on any atom is -0.490 e. The van der Waals surface area contributed by atoms with Crippen LogP contribution >= 0.6 is 0 Å². The fraction of sp³-hybridized carbons (Fsp3) is 0.533. The van der Waals surface area contributed by atoms with Crippen LogP contribution in [-0.2, 0) is 6.54 Å². The van der Waals surface area contributed by atoms with Gasteiger partial charge in [0.25, 0.3) is 0 Å². The first-order valence-corrected chi connectivity index (χ1v) is 6.65. The molecule has 3 nitrogen and oxygen atoms in total. The summed E-state index contributed by atoms with van der Waals surface area (Å²) in [6, 6.07) is 7.38. The van der Waals surface area contributed by atoms with Crippen LogP contribution in [0.25, 0.3) is 0 Å². The molecule has 1 N–H and O–H groups in total. The smallest absolute Gasteiger partial charge is 0.165 e. The van der Waals surface area contributed by atoms with Gasteiger partial charge in [-0.15, -0.1) is 0 Å². The molecular formula is C15H21FN2O. The van der Waals surface area contributed by atoms with Crippen LogP contribution in [0.4, 0.5) is 4.39 Å². The van der Waals surface area contributed by atoms with Gasteiger partial charge in [0.2, 0.25) is 0 Å². The summed E-state index contributed by atoms with van der Waals surface area (Å²) in [5.41, 5.74) is 0.828. The van der Waals surface area contributed by atoms with Crippen molar-refractivity contribution in [3.63, 3.8) is 0 Å². The molecule has 0 heterocycles. The van der Waals surface area contributed by atoms with Crippen molar-refractivity contribution in [3.05, 3.63) is 29.6 Å². The average Bonchev–Trinajstić information content (AvgIpc) is 2.38. The van der Waals surface area contributed by atoms with E-state index in [0.29, 0.717) is 31.4 Å². The largest absolute Gasteiger partial charge is 0.490 e. The first-order chi connectivity index (χ1) is 9.15. The molecule has 1 aromatic carbocycles. The molecule has 0 aliphatic rings. The van der Waals surface area contributed by atoms with E-state index in [2.05, 4.69) is 11.4 Å². The number of hydrogen-bond acceptors (Lipinski definition) is 3. The number of benzene rings is 1. The van der Waals surface area contributed by atoms with Crippen LogP contribution in [0.5, 0.6) is 5.75 Å². The summed E-state index contributed by atoms with van der Waals surface area (Å²) in [7, 11) is 0.